The third-order valence-electron chi connectivity index (χ3n) is 4.30. The number of nitrogens with one attached hydrogen (secondary N) is 1. The van der Waals surface area contributed by atoms with Crippen LogP contribution in [0.15, 0.2) is 51.3 Å². The molecule has 136 valence electrons. The second-order valence-corrected chi connectivity index (χ2v) is 6.65. The van der Waals surface area contributed by atoms with E-state index in [1.165, 1.54) is 0 Å². The van der Waals surface area contributed by atoms with E-state index in [4.69, 9.17) is 20.4 Å². The molecule has 0 fully saturated rings. The first kappa shape index (κ1) is 17.3. The summed E-state index contributed by atoms with van der Waals surface area (Å²) in [6.45, 7) is 4.20. The smallest absolute Gasteiger partial charge is 0.309 e. The van der Waals surface area contributed by atoms with E-state index in [1.807, 2.05) is 50.2 Å². The first-order valence-corrected chi connectivity index (χ1v) is 8.76. The minimum Gasteiger partial charge on any atom is -0.451 e. The van der Waals surface area contributed by atoms with Gasteiger partial charge in [0.1, 0.15) is 5.58 Å². The van der Waals surface area contributed by atoms with Crippen molar-refractivity contribution in [1.82, 2.24) is 15.5 Å². The van der Waals surface area contributed by atoms with E-state index in [1.54, 1.807) is 6.07 Å². The molecule has 0 saturated heterocycles. The summed E-state index contributed by atoms with van der Waals surface area (Å²) >= 11 is 6.09. The fourth-order valence-electron chi connectivity index (χ4n) is 2.84. The van der Waals surface area contributed by atoms with Crippen molar-refractivity contribution in [2.45, 2.75) is 20.4 Å². The maximum atomic E-state index is 12.3. The number of aryl methyl sites for hydroxylation is 2. The lowest BCUT2D eigenvalue weighted by atomic mass is 10.1. The number of nitrogens with zero attached hydrogens (tertiary/aromatic N) is 2. The van der Waals surface area contributed by atoms with Gasteiger partial charge in [-0.2, -0.15) is 0 Å². The number of rotatable bonds is 4. The quantitative estimate of drug-likeness (QED) is 0.555. The number of fused-ring (bicyclic) bond motifs is 1. The van der Waals surface area contributed by atoms with Crippen molar-refractivity contribution in [1.29, 1.82) is 0 Å². The van der Waals surface area contributed by atoms with Crippen molar-refractivity contribution in [3.8, 4) is 11.7 Å². The molecule has 0 aliphatic carbocycles. The third-order valence-corrected chi connectivity index (χ3v) is 4.67. The predicted molar refractivity (Wildman–Crippen MR) is 102 cm³/mol. The Labute approximate surface area is 160 Å². The topological polar surface area (TPSA) is 81.2 Å². The molecule has 0 radical (unpaired) electrons. The van der Waals surface area contributed by atoms with Crippen LogP contribution < -0.4 is 5.32 Å². The molecule has 2 aromatic heterocycles. The van der Waals surface area contributed by atoms with Crippen LogP contribution in [-0.2, 0) is 6.54 Å². The Morgan fingerprint density at radius 1 is 1.11 bits per heavy atom. The predicted octanol–water partition coefficient (Wildman–Crippen LogP) is 4.68. The lowest BCUT2D eigenvalue weighted by Crippen LogP contribution is -2.23. The number of carbonyl (C=O) groups excluding carboxylic acids is 1. The van der Waals surface area contributed by atoms with Crippen molar-refractivity contribution < 1.29 is 13.6 Å². The zero-order valence-corrected chi connectivity index (χ0v) is 15.5. The van der Waals surface area contributed by atoms with Crippen LogP contribution in [0.2, 0.25) is 5.02 Å². The van der Waals surface area contributed by atoms with Gasteiger partial charge in [-0.15, -0.1) is 10.2 Å². The standard InChI is InChI=1S/C20H16ClN3O3/c1-11-7-8-16-14(9-11)12(2)17(26-16)19-23-24-20(27-19)18(25)22-10-13-5-3-4-6-15(13)21/h3-9H,10H2,1-2H3,(H,22,25). The fraction of sp³-hybridized carbons (Fsp3) is 0.150. The van der Waals surface area contributed by atoms with Gasteiger partial charge in [0, 0.05) is 22.5 Å². The summed E-state index contributed by atoms with van der Waals surface area (Å²) in [5.41, 5.74) is 3.55. The molecule has 0 atom stereocenters. The Morgan fingerprint density at radius 3 is 2.74 bits per heavy atom. The molecule has 4 rings (SSSR count). The van der Waals surface area contributed by atoms with Crippen molar-refractivity contribution >= 4 is 28.5 Å². The highest BCUT2D eigenvalue weighted by Gasteiger charge is 2.21. The highest BCUT2D eigenvalue weighted by Crippen LogP contribution is 2.32. The number of furan rings is 1. The van der Waals surface area contributed by atoms with Crippen LogP contribution in [0.5, 0.6) is 0 Å². The summed E-state index contributed by atoms with van der Waals surface area (Å²) < 4.78 is 11.4. The van der Waals surface area contributed by atoms with Gasteiger partial charge in [-0.25, -0.2) is 0 Å². The van der Waals surface area contributed by atoms with Crippen molar-refractivity contribution in [2.24, 2.45) is 0 Å². The van der Waals surface area contributed by atoms with E-state index >= 15 is 0 Å². The summed E-state index contributed by atoms with van der Waals surface area (Å²) in [6.07, 6.45) is 0. The molecule has 0 saturated carbocycles. The maximum absolute atomic E-state index is 12.3. The van der Waals surface area contributed by atoms with Crippen LogP contribution in [0.25, 0.3) is 22.6 Å². The minimum atomic E-state index is -0.474. The summed E-state index contributed by atoms with van der Waals surface area (Å²) in [5.74, 6) is 0.0314. The molecular formula is C20H16ClN3O3. The van der Waals surface area contributed by atoms with Crippen LogP contribution in [-0.4, -0.2) is 16.1 Å². The van der Waals surface area contributed by atoms with Gasteiger partial charge in [-0.1, -0.05) is 41.4 Å². The molecule has 1 N–H and O–H groups in total. The lowest BCUT2D eigenvalue weighted by molar-refractivity contribution is 0.0916. The largest absolute Gasteiger partial charge is 0.451 e. The van der Waals surface area contributed by atoms with Crippen molar-refractivity contribution in [2.75, 3.05) is 0 Å². The van der Waals surface area contributed by atoms with Crippen LogP contribution in [0, 0.1) is 13.8 Å². The number of amides is 1. The zero-order valence-electron chi connectivity index (χ0n) is 14.7. The van der Waals surface area contributed by atoms with E-state index in [-0.39, 0.29) is 18.3 Å². The monoisotopic (exact) mass is 381 g/mol. The summed E-state index contributed by atoms with van der Waals surface area (Å²) in [6, 6.07) is 13.2. The van der Waals surface area contributed by atoms with Crippen LogP contribution in [0.4, 0.5) is 0 Å². The molecule has 6 nitrogen and oxygen atoms in total. The van der Waals surface area contributed by atoms with E-state index in [0.717, 1.165) is 27.7 Å². The Bertz CT molecular complexity index is 1150. The molecule has 0 aliphatic rings. The molecular weight excluding hydrogens is 366 g/mol. The third kappa shape index (κ3) is 3.31. The van der Waals surface area contributed by atoms with Crippen LogP contribution in [0.3, 0.4) is 0 Å². The zero-order chi connectivity index (χ0) is 19.0. The number of hydrogen-bond acceptors (Lipinski definition) is 5. The van der Waals surface area contributed by atoms with Gasteiger partial charge in [-0.05, 0) is 37.6 Å². The number of carbonyl (C=O) groups is 1. The second kappa shape index (κ2) is 6.89. The van der Waals surface area contributed by atoms with Gasteiger partial charge in [-0.3, -0.25) is 4.79 Å². The average molecular weight is 382 g/mol. The summed E-state index contributed by atoms with van der Waals surface area (Å²) in [4.78, 5) is 12.3. The Kier molecular flexibility index (Phi) is 4.41. The molecule has 2 heterocycles. The Hall–Kier alpha value is -3.12. The number of benzene rings is 2. The van der Waals surface area contributed by atoms with Gasteiger partial charge < -0.3 is 14.2 Å². The molecule has 0 bridgehead atoms. The van der Waals surface area contributed by atoms with E-state index in [9.17, 15) is 4.79 Å². The van der Waals surface area contributed by atoms with Gasteiger partial charge >= 0.3 is 11.8 Å². The molecule has 2 aromatic carbocycles. The van der Waals surface area contributed by atoms with Crippen molar-refractivity contribution in [3.05, 3.63) is 70.1 Å². The lowest BCUT2D eigenvalue weighted by Gasteiger charge is -2.04. The van der Waals surface area contributed by atoms with Gasteiger partial charge in [0.2, 0.25) is 0 Å². The normalized spacial score (nSPS) is 11.1. The number of aromatic nitrogens is 2. The first-order chi connectivity index (χ1) is 13.0. The van der Waals surface area contributed by atoms with E-state index in [2.05, 4.69) is 15.5 Å². The van der Waals surface area contributed by atoms with E-state index < -0.39 is 5.91 Å². The van der Waals surface area contributed by atoms with Crippen molar-refractivity contribution in [3.63, 3.8) is 0 Å². The molecule has 27 heavy (non-hydrogen) atoms. The fourth-order valence-corrected chi connectivity index (χ4v) is 3.04. The Morgan fingerprint density at radius 2 is 1.93 bits per heavy atom. The van der Waals surface area contributed by atoms with Gasteiger partial charge in [0.05, 0.1) is 0 Å². The van der Waals surface area contributed by atoms with Crippen LogP contribution in [0.1, 0.15) is 27.4 Å². The van der Waals surface area contributed by atoms with E-state index in [0.29, 0.717) is 10.8 Å². The SMILES string of the molecule is Cc1ccc2oc(-c3nnc(C(=O)NCc4ccccc4Cl)o3)c(C)c2c1. The number of hydrogen-bond donors (Lipinski definition) is 1. The first-order valence-electron chi connectivity index (χ1n) is 8.38. The average Bonchev–Trinajstić information content (AvgIpc) is 3.26. The molecule has 0 spiro atoms. The highest BCUT2D eigenvalue weighted by molar-refractivity contribution is 6.31. The van der Waals surface area contributed by atoms with Crippen LogP contribution >= 0.6 is 11.6 Å². The Balaban J connectivity index is 1.56. The molecule has 0 unspecified atom stereocenters. The summed E-state index contributed by atoms with van der Waals surface area (Å²) in [7, 11) is 0. The molecule has 1 amide bonds. The minimum absolute atomic E-state index is 0.131. The maximum Gasteiger partial charge on any atom is 0.309 e. The van der Waals surface area contributed by atoms with Gasteiger partial charge in [0.25, 0.3) is 5.89 Å². The molecule has 0 aliphatic heterocycles. The molecule has 4 aromatic rings. The summed E-state index contributed by atoms with van der Waals surface area (Å²) in [5, 5.41) is 12.1. The van der Waals surface area contributed by atoms with Gasteiger partial charge in [0.15, 0.2) is 5.76 Å². The highest BCUT2D eigenvalue weighted by atomic mass is 35.5. The second-order valence-electron chi connectivity index (χ2n) is 6.24. The number of halogens is 1. The molecule has 7 heteroatoms.